The molecule has 3 nitrogen and oxygen atoms in total. The van der Waals surface area contributed by atoms with Gasteiger partial charge in [-0.15, -0.1) is 0 Å². The summed E-state index contributed by atoms with van der Waals surface area (Å²) < 4.78 is 0. The molecule has 0 rings (SSSR count). The largest absolute Gasteiger partial charge is 0.291 e. The average Bonchev–Trinajstić information content (AvgIpc) is 1.84. The van der Waals surface area contributed by atoms with Gasteiger partial charge in [-0.3, -0.25) is 15.6 Å². The molecule has 0 aromatic rings. The van der Waals surface area contributed by atoms with E-state index >= 15 is 0 Å². The fourth-order valence-corrected chi connectivity index (χ4v) is 0.320. The molecule has 46 valence electrons. The van der Waals surface area contributed by atoms with E-state index in [2.05, 4.69) is 0 Å². The number of nitrogens with two attached hydrogens (primary N) is 1. The molecule has 3 N–H and O–H groups in total. The standard InChI is InChI=1S/C4H9N3S/c1-6-4(8)7(2)3-5/h3,5H,1-2H3,(H,6,8)/p+1. The highest BCUT2D eigenvalue weighted by Crippen LogP contribution is 1.69. The molecule has 0 spiro atoms. The van der Waals surface area contributed by atoms with Gasteiger partial charge in [0.05, 0.1) is 13.4 Å². The van der Waals surface area contributed by atoms with E-state index in [4.69, 9.17) is 17.6 Å². The second kappa shape index (κ2) is 3.51. The number of rotatable bonds is 1. The predicted octanol–water partition coefficient (Wildman–Crippen LogP) is -0.997. The van der Waals surface area contributed by atoms with E-state index in [0.717, 1.165) is 0 Å². The summed E-state index contributed by atoms with van der Waals surface area (Å²) in [6.07, 6.45) is 1.18. The lowest BCUT2D eigenvalue weighted by Gasteiger charge is -2.06. The molecule has 0 heterocycles. The predicted molar refractivity (Wildman–Crippen MR) is 37.0 cm³/mol. The lowest BCUT2D eigenvalue weighted by molar-refractivity contribution is -0.510. The van der Waals surface area contributed by atoms with E-state index in [-0.39, 0.29) is 0 Å². The first-order chi connectivity index (χ1) is 3.72. The fourth-order valence-electron chi connectivity index (χ4n) is 0.267. The summed E-state index contributed by atoms with van der Waals surface area (Å²) in [6, 6.07) is 0. The average molecular weight is 132 g/mol. The van der Waals surface area contributed by atoms with E-state index in [9.17, 15) is 0 Å². The van der Waals surface area contributed by atoms with Crippen molar-refractivity contribution in [2.45, 2.75) is 0 Å². The maximum atomic E-state index is 6.74. The zero-order valence-corrected chi connectivity index (χ0v) is 5.83. The Morgan fingerprint density at radius 2 is 2.38 bits per heavy atom. The lowest BCUT2D eigenvalue weighted by Crippen LogP contribution is -2.86. The molecule has 0 saturated heterocycles. The molecule has 0 aliphatic heterocycles. The summed E-state index contributed by atoms with van der Waals surface area (Å²) in [7, 11) is 3.59. The summed E-state index contributed by atoms with van der Waals surface area (Å²) in [6.45, 7) is 0. The van der Waals surface area contributed by atoms with Crippen molar-refractivity contribution in [1.29, 1.82) is 5.41 Å². The number of nitrogens with zero attached hydrogens (tertiary/aromatic N) is 1. The molecule has 0 amide bonds. The third-order valence-electron chi connectivity index (χ3n) is 0.788. The number of nitrogens with one attached hydrogen (secondary N) is 1. The van der Waals surface area contributed by atoms with Crippen LogP contribution in [0.3, 0.4) is 0 Å². The van der Waals surface area contributed by atoms with E-state index in [0.29, 0.717) is 5.11 Å². The molecule has 0 fully saturated rings. The Hall–Kier alpha value is -0.480. The second-order valence-corrected chi connectivity index (χ2v) is 1.79. The van der Waals surface area contributed by atoms with Crippen LogP contribution in [0, 0.1) is 5.41 Å². The number of hydrogen-bond acceptors (Lipinski definition) is 2. The highest BCUT2D eigenvalue weighted by molar-refractivity contribution is 7.79. The molecule has 0 aromatic carbocycles. The highest BCUT2D eigenvalue weighted by Gasteiger charge is 1.98. The Labute approximate surface area is 54.2 Å². The Morgan fingerprint density at radius 1 is 1.88 bits per heavy atom. The van der Waals surface area contributed by atoms with Gasteiger partial charge in [0, 0.05) is 19.3 Å². The number of thiocarbonyl (C=S) groups is 1. The Morgan fingerprint density at radius 3 is 2.50 bits per heavy atom. The maximum absolute atomic E-state index is 6.74. The van der Waals surface area contributed by atoms with Crippen LogP contribution in [0.15, 0.2) is 0 Å². The monoisotopic (exact) mass is 132 g/mol. The molecule has 0 saturated carbocycles. The zero-order valence-electron chi connectivity index (χ0n) is 5.01. The van der Waals surface area contributed by atoms with Crippen LogP contribution in [0.2, 0.25) is 0 Å². The van der Waals surface area contributed by atoms with Gasteiger partial charge in [0.2, 0.25) is 0 Å². The van der Waals surface area contributed by atoms with Gasteiger partial charge in [-0.1, -0.05) is 0 Å². The van der Waals surface area contributed by atoms with E-state index < -0.39 is 0 Å². The third kappa shape index (κ3) is 1.99. The summed E-state index contributed by atoms with van der Waals surface area (Å²) in [5.41, 5.74) is 0. The number of quaternary nitrogens is 1. The minimum Gasteiger partial charge on any atom is -0.291 e. The van der Waals surface area contributed by atoms with Gasteiger partial charge in [-0.2, -0.15) is 0 Å². The van der Waals surface area contributed by atoms with Gasteiger partial charge >= 0.3 is 0 Å². The van der Waals surface area contributed by atoms with Crippen LogP contribution in [-0.4, -0.2) is 30.4 Å². The Balaban J connectivity index is 3.62. The maximum Gasteiger partial charge on any atom is 0.273 e. The highest BCUT2D eigenvalue weighted by atomic mass is 32.1. The second-order valence-electron chi connectivity index (χ2n) is 1.37. The first kappa shape index (κ1) is 7.52. The molecule has 4 heteroatoms. The van der Waals surface area contributed by atoms with Crippen LogP contribution in [0.1, 0.15) is 0 Å². The molecule has 0 aromatic heterocycles. The summed E-state index contributed by atoms with van der Waals surface area (Å²) in [5.74, 6) is 0. The normalized spacial score (nSPS) is 8.25. The molecular formula is C4H10N3S+. The SMILES string of the molecule is C[NH2+]C(=S)N(C)C=N. The van der Waals surface area contributed by atoms with Crippen molar-refractivity contribution >= 4 is 23.7 Å². The van der Waals surface area contributed by atoms with Gasteiger partial charge in [0.1, 0.15) is 0 Å². The van der Waals surface area contributed by atoms with Crippen molar-refractivity contribution in [3.8, 4) is 0 Å². The Bertz CT molecular complexity index is 101. The van der Waals surface area contributed by atoms with Crippen LogP contribution in [-0.2, 0) is 0 Å². The van der Waals surface area contributed by atoms with Gasteiger partial charge in [-0.25, -0.2) is 0 Å². The molecule has 0 aliphatic carbocycles. The summed E-state index contributed by atoms with van der Waals surface area (Å²) in [4.78, 5) is 1.56. The van der Waals surface area contributed by atoms with Crippen molar-refractivity contribution < 1.29 is 5.32 Å². The van der Waals surface area contributed by atoms with Gasteiger partial charge in [-0.05, 0) is 0 Å². The lowest BCUT2D eigenvalue weighted by atomic mass is 10.8. The van der Waals surface area contributed by atoms with Gasteiger partial charge in [0.15, 0.2) is 0 Å². The Kier molecular flexibility index (Phi) is 3.30. The van der Waals surface area contributed by atoms with Gasteiger partial charge in [0.25, 0.3) is 5.11 Å². The summed E-state index contributed by atoms with van der Waals surface area (Å²) in [5, 5.41) is 9.19. The first-order valence-electron chi connectivity index (χ1n) is 2.29. The van der Waals surface area contributed by atoms with E-state index in [1.807, 2.05) is 7.05 Å². The van der Waals surface area contributed by atoms with Crippen LogP contribution < -0.4 is 5.32 Å². The van der Waals surface area contributed by atoms with Crippen LogP contribution in [0.5, 0.6) is 0 Å². The van der Waals surface area contributed by atoms with Crippen LogP contribution in [0.4, 0.5) is 0 Å². The van der Waals surface area contributed by atoms with Crippen molar-refractivity contribution in [3.05, 3.63) is 0 Å². The molecular weight excluding hydrogens is 122 g/mol. The number of hydrogen-bond donors (Lipinski definition) is 2. The third-order valence-corrected chi connectivity index (χ3v) is 1.31. The van der Waals surface area contributed by atoms with Crippen LogP contribution in [0.25, 0.3) is 0 Å². The molecule has 8 heavy (non-hydrogen) atoms. The first-order valence-corrected chi connectivity index (χ1v) is 2.70. The molecule has 0 bridgehead atoms. The zero-order chi connectivity index (χ0) is 6.57. The molecule has 0 atom stereocenters. The van der Waals surface area contributed by atoms with Crippen molar-refractivity contribution in [2.75, 3.05) is 14.1 Å². The van der Waals surface area contributed by atoms with Crippen molar-refractivity contribution in [1.82, 2.24) is 4.90 Å². The fraction of sp³-hybridized carbons (Fsp3) is 0.500. The van der Waals surface area contributed by atoms with E-state index in [1.165, 1.54) is 6.34 Å². The minimum absolute atomic E-state index is 0.681. The topological polar surface area (TPSA) is 43.7 Å². The van der Waals surface area contributed by atoms with Crippen molar-refractivity contribution in [2.24, 2.45) is 0 Å². The minimum atomic E-state index is 0.681. The van der Waals surface area contributed by atoms with E-state index in [1.54, 1.807) is 17.3 Å². The van der Waals surface area contributed by atoms with Crippen molar-refractivity contribution in [3.63, 3.8) is 0 Å². The quantitative estimate of drug-likeness (QED) is 0.273. The molecule has 0 radical (unpaired) electrons. The smallest absolute Gasteiger partial charge is 0.273 e. The summed E-state index contributed by atoms with van der Waals surface area (Å²) >= 11 is 4.80. The van der Waals surface area contributed by atoms with Gasteiger partial charge < -0.3 is 0 Å². The van der Waals surface area contributed by atoms with Crippen LogP contribution >= 0.6 is 12.2 Å². The molecule has 0 aliphatic rings. The molecule has 0 unspecified atom stereocenters.